The van der Waals surface area contributed by atoms with Crippen LogP contribution in [0.1, 0.15) is 25.3 Å². The van der Waals surface area contributed by atoms with Crippen molar-refractivity contribution in [2.24, 2.45) is 11.8 Å². The zero-order chi connectivity index (χ0) is 20.3. The summed E-state index contributed by atoms with van der Waals surface area (Å²) in [5.41, 5.74) is 0.624. The highest BCUT2D eigenvalue weighted by Crippen LogP contribution is 2.36. The number of methoxy groups -OCH3 is 2. The Morgan fingerprint density at radius 1 is 1.32 bits per heavy atom. The summed E-state index contributed by atoms with van der Waals surface area (Å²) in [4.78, 5) is 26.7. The highest BCUT2D eigenvalue weighted by atomic mass is 32.1. The van der Waals surface area contributed by atoms with Crippen LogP contribution >= 0.6 is 11.3 Å². The Morgan fingerprint density at radius 3 is 2.79 bits per heavy atom. The molecule has 0 spiro atoms. The lowest BCUT2D eigenvalue weighted by Crippen LogP contribution is -2.28. The Balaban J connectivity index is 1.68. The molecule has 1 aliphatic rings. The van der Waals surface area contributed by atoms with E-state index in [0.717, 1.165) is 11.4 Å². The predicted molar refractivity (Wildman–Crippen MR) is 107 cm³/mol. The average molecular weight is 404 g/mol. The van der Waals surface area contributed by atoms with Crippen LogP contribution in [-0.2, 0) is 16.0 Å². The van der Waals surface area contributed by atoms with E-state index in [1.54, 1.807) is 30.2 Å². The normalized spacial score (nSPS) is 16.5. The number of carbonyl (C=O) groups is 2. The third-order valence-corrected chi connectivity index (χ3v) is 5.31. The molecule has 1 saturated heterocycles. The van der Waals surface area contributed by atoms with Gasteiger partial charge in [-0.05, 0) is 18.1 Å². The highest BCUT2D eigenvalue weighted by molar-refractivity contribution is 7.15. The number of aromatic nitrogens is 2. The monoisotopic (exact) mass is 404 g/mol. The Kier molecular flexibility index (Phi) is 6.13. The lowest BCUT2D eigenvalue weighted by atomic mass is 10.1. The second-order valence-corrected chi connectivity index (χ2v) is 8.09. The molecule has 1 N–H and O–H groups in total. The van der Waals surface area contributed by atoms with Gasteiger partial charge in [-0.15, -0.1) is 10.2 Å². The van der Waals surface area contributed by atoms with Gasteiger partial charge in [-0.2, -0.15) is 0 Å². The maximum absolute atomic E-state index is 12.6. The number of hydrogen-bond donors (Lipinski definition) is 1. The molecule has 1 aromatic heterocycles. The summed E-state index contributed by atoms with van der Waals surface area (Å²) in [5.74, 6) is 0.817. The number of anilines is 2. The van der Waals surface area contributed by atoms with Crippen LogP contribution in [0.15, 0.2) is 18.2 Å². The van der Waals surface area contributed by atoms with Crippen molar-refractivity contribution in [1.29, 1.82) is 0 Å². The van der Waals surface area contributed by atoms with Gasteiger partial charge in [0.05, 0.1) is 25.8 Å². The molecule has 1 fully saturated rings. The van der Waals surface area contributed by atoms with Gasteiger partial charge in [0.15, 0.2) is 0 Å². The first kappa shape index (κ1) is 20.1. The third-order valence-electron chi connectivity index (χ3n) is 4.45. The van der Waals surface area contributed by atoms with Gasteiger partial charge >= 0.3 is 0 Å². The quantitative estimate of drug-likeness (QED) is 0.763. The predicted octanol–water partition coefficient (Wildman–Crippen LogP) is 2.75. The minimum absolute atomic E-state index is 0.124. The van der Waals surface area contributed by atoms with Crippen LogP contribution in [0.5, 0.6) is 11.5 Å². The summed E-state index contributed by atoms with van der Waals surface area (Å²) in [6.45, 7) is 4.49. The fraction of sp³-hybridized carbons (Fsp3) is 0.474. The van der Waals surface area contributed by atoms with Gasteiger partial charge in [0.1, 0.15) is 16.5 Å². The standard InChI is InChI=1S/C19H24N4O4S/c1-11(2)7-16-21-22-19(28-16)20-18(25)12-8-17(24)23(10-12)14-6-5-13(26-3)9-15(14)27-4/h5-6,9,11-12H,7-8,10H2,1-4H3,(H,20,22,25)/t12-/m1/s1. The molecule has 0 aliphatic carbocycles. The Hall–Kier alpha value is -2.68. The van der Waals surface area contributed by atoms with Gasteiger partial charge in [-0.3, -0.25) is 9.59 Å². The van der Waals surface area contributed by atoms with E-state index in [4.69, 9.17) is 9.47 Å². The smallest absolute Gasteiger partial charge is 0.231 e. The molecule has 0 unspecified atom stereocenters. The molecule has 1 atom stereocenters. The first-order valence-corrected chi connectivity index (χ1v) is 9.88. The maximum atomic E-state index is 12.6. The van der Waals surface area contributed by atoms with Crippen LogP contribution in [0.25, 0.3) is 0 Å². The minimum atomic E-state index is -0.461. The van der Waals surface area contributed by atoms with Crippen LogP contribution in [0.2, 0.25) is 0 Å². The fourth-order valence-corrected chi connectivity index (χ4v) is 4.02. The summed E-state index contributed by atoms with van der Waals surface area (Å²) in [7, 11) is 3.10. The van der Waals surface area contributed by atoms with Crippen molar-refractivity contribution >= 4 is 34.0 Å². The van der Waals surface area contributed by atoms with Crippen LogP contribution in [0, 0.1) is 11.8 Å². The first-order valence-electron chi connectivity index (χ1n) is 9.07. The number of hydrogen-bond acceptors (Lipinski definition) is 7. The SMILES string of the molecule is COc1ccc(N2C[C@H](C(=O)Nc3nnc(CC(C)C)s3)CC2=O)c(OC)c1. The topological polar surface area (TPSA) is 93.6 Å². The molecular weight excluding hydrogens is 380 g/mol. The van der Waals surface area contributed by atoms with Crippen LogP contribution in [-0.4, -0.2) is 42.8 Å². The molecule has 8 nitrogen and oxygen atoms in total. The van der Waals surface area contributed by atoms with E-state index in [0.29, 0.717) is 28.2 Å². The summed E-state index contributed by atoms with van der Waals surface area (Å²) in [6, 6.07) is 5.24. The number of nitrogens with one attached hydrogen (secondary N) is 1. The Morgan fingerprint density at radius 2 is 2.11 bits per heavy atom. The van der Waals surface area contributed by atoms with Gasteiger partial charge in [-0.25, -0.2) is 0 Å². The Labute approximate surface area is 167 Å². The number of benzene rings is 1. The molecule has 3 rings (SSSR count). The summed E-state index contributed by atoms with van der Waals surface area (Å²) in [6.07, 6.45) is 0.958. The van der Waals surface area contributed by atoms with E-state index in [2.05, 4.69) is 29.4 Å². The van der Waals surface area contributed by atoms with Crippen molar-refractivity contribution in [3.05, 3.63) is 23.2 Å². The number of nitrogens with zero attached hydrogens (tertiary/aromatic N) is 3. The van der Waals surface area contributed by atoms with Gasteiger partial charge in [-0.1, -0.05) is 25.2 Å². The number of rotatable bonds is 7. The minimum Gasteiger partial charge on any atom is -0.497 e. The van der Waals surface area contributed by atoms with E-state index in [-0.39, 0.29) is 24.8 Å². The van der Waals surface area contributed by atoms with Gasteiger partial charge in [0.25, 0.3) is 0 Å². The van der Waals surface area contributed by atoms with Crippen LogP contribution in [0.4, 0.5) is 10.8 Å². The van der Waals surface area contributed by atoms with Crippen molar-refractivity contribution in [1.82, 2.24) is 10.2 Å². The molecule has 1 aromatic carbocycles. The van der Waals surface area contributed by atoms with Crippen molar-refractivity contribution in [3.63, 3.8) is 0 Å². The fourth-order valence-electron chi connectivity index (χ4n) is 3.07. The number of carbonyl (C=O) groups excluding carboxylic acids is 2. The van der Waals surface area contributed by atoms with Crippen molar-refractivity contribution in [2.75, 3.05) is 31.0 Å². The molecule has 9 heteroatoms. The van der Waals surface area contributed by atoms with E-state index < -0.39 is 5.92 Å². The van der Waals surface area contributed by atoms with Gasteiger partial charge in [0.2, 0.25) is 16.9 Å². The molecule has 0 saturated carbocycles. The van der Waals surface area contributed by atoms with Gasteiger partial charge in [0, 0.05) is 25.5 Å². The average Bonchev–Trinajstić information content (AvgIpc) is 3.26. The summed E-state index contributed by atoms with van der Waals surface area (Å²) in [5, 5.41) is 12.3. The lowest BCUT2D eigenvalue weighted by molar-refractivity contribution is -0.122. The molecule has 2 heterocycles. The molecule has 1 aliphatic heterocycles. The van der Waals surface area contributed by atoms with E-state index in [1.165, 1.54) is 18.4 Å². The summed E-state index contributed by atoms with van der Waals surface area (Å²) >= 11 is 1.37. The molecule has 28 heavy (non-hydrogen) atoms. The molecule has 2 aromatic rings. The van der Waals surface area contributed by atoms with Crippen LogP contribution < -0.4 is 19.7 Å². The maximum Gasteiger partial charge on any atom is 0.231 e. The van der Waals surface area contributed by atoms with Crippen molar-refractivity contribution in [2.45, 2.75) is 26.7 Å². The second kappa shape index (κ2) is 8.55. The lowest BCUT2D eigenvalue weighted by Gasteiger charge is -2.20. The highest BCUT2D eigenvalue weighted by Gasteiger charge is 2.36. The van der Waals surface area contributed by atoms with E-state index in [9.17, 15) is 9.59 Å². The molecule has 2 amide bonds. The largest absolute Gasteiger partial charge is 0.497 e. The van der Waals surface area contributed by atoms with E-state index in [1.807, 2.05) is 0 Å². The Bertz CT molecular complexity index is 867. The number of amides is 2. The van der Waals surface area contributed by atoms with Crippen molar-refractivity contribution < 1.29 is 19.1 Å². The number of ether oxygens (including phenoxy) is 2. The molecule has 150 valence electrons. The second-order valence-electron chi connectivity index (χ2n) is 7.03. The third kappa shape index (κ3) is 4.41. The van der Waals surface area contributed by atoms with Crippen LogP contribution in [0.3, 0.4) is 0 Å². The summed E-state index contributed by atoms with van der Waals surface area (Å²) < 4.78 is 10.6. The molecule has 0 bridgehead atoms. The van der Waals surface area contributed by atoms with E-state index >= 15 is 0 Å². The van der Waals surface area contributed by atoms with Crippen molar-refractivity contribution in [3.8, 4) is 11.5 Å². The molecule has 0 radical (unpaired) electrons. The zero-order valence-corrected chi connectivity index (χ0v) is 17.2. The zero-order valence-electron chi connectivity index (χ0n) is 16.4. The van der Waals surface area contributed by atoms with Gasteiger partial charge < -0.3 is 19.7 Å². The molecular formula is C19H24N4O4S. The first-order chi connectivity index (χ1) is 13.4.